The maximum Gasteiger partial charge on any atom is 0.164 e. The van der Waals surface area contributed by atoms with Crippen molar-refractivity contribution in [2.45, 2.75) is 11.8 Å². The molecule has 2 rings (SSSR count). The predicted octanol–water partition coefficient (Wildman–Crippen LogP) is 4.31. The summed E-state index contributed by atoms with van der Waals surface area (Å²) in [6.45, 7) is 1.97. The number of aryl methyl sites for hydroxylation is 1. The van der Waals surface area contributed by atoms with Gasteiger partial charge in [-0.25, -0.2) is 4.21 Å². The van der Waals surface area contributed by atoms with Gasteiger partial charge in [0.2, 0.25) is 0 Å². The van der Waals surface area contributed by atoms with E-state index in [4.69, 9.17) is 10.7 Å². The lowest BCUT2D eigenvalue weighted by Gasteiger charge is -2.02. The second-order valence-electron chi connectivity index (χ2n) is 3.70. The summed E-state index contributed by atoms with van der Waals surface area (Å²) in [6, 6.07) is 16.3. The molecule has 0 amide bonds. The molecule has 1 atom stereocenters. The first kappa shape index (κ1) is 12.1. The highest BCUT2D eigenvalue weighted by molar-refractivity contribution is 8.15. The molecule has 0 aliphatic heterocycles. The van der Waals surface area contributed by atoms with Crippen molar-refractivity contribution in [3.8, 4) is 0 Å². The van der Waals surface area contributed by atoms with E-state index in [1.165, 1.54) is 0 Å². The number of hydrogen-bond acceptors (Lipinski definition) is 2. The number of rotatable bonds is 2. The highest BCUT2D eigenvalue weighted by Crippen LogP contribution is 2.23. The third kappa shape index (κ3) is 3.08. The summed E-state index contributed by atoms with van der Waals surface area (Å²) in [5.74, 6) is 0. The van der Waals surface area contributed by atoms with Gasteiger partial charge in [-0.3, -0.25) is 0 Å². The van der Waals surface area contributed by atoms with Gasteiger partial charge in [-0.2, -0.15) is 4.36 Å². The molecule has 2 aromatic rings. The quantitative estimate of drug-likeness (QED) is 0.744. The molecule has 1 unspecified atom stereocenters. The van der Waals surface area contributed by atoms with Gasteiger partial charge in [-0.1, -0.05) is 35.9 Å². The van der Waals surface area contributed by atoms with Gasteiger partial charge in [0.05, 0.1) is 10.6 Å². The SMILES string of the molecule is Cc1ccc(S(=O)(Cl)=Nc2ccccc2)cc1. The fraction of sp³-hybridized carbons (Fsp3) is 0.0769. The molecular weight excluding hydrogens is 254 g/mol. The first-order valence-electron chi connectivity index (χ1n) is 5.16. The van der Waals surface area contributed by atoms with Crippen molar-refractivity contribution in [3.05, 3.63) is 60.2 Å². The van der Waals surface area contributed by atoms with Crippen LogP contribution in [0.3, 0.4) is 0 Å². The van der Waals surface area contributed by atoms with Gasteiger partial charge in [0.1, 0.15) is 0 Å². The Morgan fingerprint density at radius 2 is 1.59 bits per heavy atom. The normalized spacial score (nSPS) is 14.0. The van der Waals surface area contributed by atoms with Crippen LogP contribution in [-0.4, -0.2) is 4.21 Å². The zero-order valence-electron chi connectivity index (χ0n) is 9.34. The number of halogens is 1. The van der Waals surface area contributed by atoms with Crippen LogP contribution in [0, 0.1) is 6.92 Å². The van der Waals surface area contributed by atoms with Gasteiger partial charge >= 0.3 is 0 Å². The Morgan fingerprint density at radius 1 is 1.00 bits per heavy atom. The Bertz CT molecular complexity index is 614. The van der Waals surface area contributed by atoms with Gasteiger partial charge in [-0.15, -0.1) is 0 Å². The maximum absolute atomic E-state index is 12.3. The Hall–Kier alpha value is -1.32. The van der Waals surface area contributed by atoms with E-state index >= 15 is 0 Å². The average molecular weight is 266 g/mol. The zero-order chi connectivity index (χ0) is 12.3. The van der Waals surface area contributed by atoms with Gasteiger partial charge in [0, 0.05) is 10.7 Å². The van der Waals surface area contributed by atoms with E-state index in [0.717, 1.165) is 5.56 Å². The van der Waals surface area contributed by atoms with Crippen LogP contribution in [0.5, 0.6) is 0 Å². The van der Waals surface area contributed by atoms with Crippen LogP contribution in [0.25, 0.3) is 0 Å². The molecule has 0 aliphatic rings. The van der Waals surface area contributed by atoms with Crippen LogP contribution in [0.4, 0.5) is 5.69 Å². The van der Waals surface area contributed by atoms with E-state index in [2.05, 4.69) is 4.36 Å². The first-order valence-corrected chi connectivity index (χ1v) is 7.50. The number of nitrogens with zero attached hydrogens (tertiary/aromatic N) is 1. The van der Waals surface area contributed by atoms with Crippen molar-refractivity contribution in [2.75, 3.05) is 0 Å². The maximum atomic E-state index is 12.3. The lowest BCUT2D eigenvalue weighted by atomic mass is 10.2. The summed E-state index contributed by atoms with van der Waals surface area (Å²) in [7, 11) is 3.13. The lowest BCUT2D eigenvalue weighted by Crippen LogP contribution is -1.90. The van der Waals surface area contributed by atoms with Crippen molar-refractivity contribution in [1.82, 2.24) is 0 Å². The van der Waals surface area contributed by atoms with Gasteiger partial charge in [0.25, 0.3) is 0 Å². The van der Waals surface area contributed by atoms with E-state index < -0.39 is 8.94 Å². The molecule has 0 saturated heterocycles. The van der Waals surface area contributed by atoms with E-state index in [1.54, 1.807) is 24.3 Å². The minimum absolute atomic E-state index is 0.536. The standard InChI is InChI=1S/C13H12ClNOS/c1-11-7-9-13(10-8-11)17(14,16)15-12-5-3-2-4-6-12/h2-10H,1H3. The number of benzene rings is 2. The number of hydrogen-bond donors (Lipinski definition) is 0. The molecule has 0 spiro atoms. The third-order valence-electron chi connectivity index (χ3n) is 2.29. The lowest BCUT2D eigenvalue weighted by molar-refractivity contribution is 0.685. The summed E-state index contributed by atoms with van der Waals surface area (Å²) in [6.07, 6.45) is 0. The van der Waals surface area contributed by atoms with E-state index in [1.807, 2.05) is 37.3 Å². The Kier molecular flexibility index (Phi) is 3.50. The van der Waals surface area contributed by atoms with Gasteiger partial charge < -0.3 is 0 Å². The van der Waals surface area contributed by atoms with Crippen molar-refractivity contribution < 1.29 is 4.21 Å². The van der Waals surface area contributed by atoms with Crippen LogP contribution < -0.4 is 0 Å². The largest absolute Gasteiger partial charge is 0.228 e. The molecule has 17 heavy (non-hydrogen) atoms. The molecule has 0 bridgehead atoms. The minimum atomic E-state index is -2.88. The summed E-state index contributed by atoms with van der Waals surface area (Å²) < 4.78 is 16.4. The molecule has 4 heteroatoms. The van der Waals surface area contributed by atoms with Crippen LogP contribution >= 0.6 is 10.7 Å². The zero-order valence-corrected chi connectivity index (χ0v) is 10.9. The minimum Gasteiger partial charge on any atom is -0.228 e. The van der Waals surface area contributed by atoms with E-state index in [9.17, 15) is 4.21 Å². The highest BCUT2D eigenvalue weighted by Gasteiger charge is 2.08. The van der Waals surface area contributed by atoms with Gasteiger partial charge in [0.15, 0.2) is 8.94 Å². The van der Waals surface area contributed by atoms with Crippen LogP contribution in [-0.2, 0) is 8.94 Å². The molecular formula is C13H12ClNOS. The summed E-state index contributed by atoms with van der Waals surface area (Å²) in [4.78, 5) is 0.536. The average Bonchev–Trinajstić information content (AvgIpc) is 2.30. The molecule has 0 fully saturated rings. The van der Waals surface area contributed by atoms with E-state index in [-0.39, 0.29) is 0 Å². The molecule has 0 heterocycles. The van der Waals surface area contributed by atoms with Crippen molar-refractivity contribution in [2.24, 2.45) is 4.36 Å². The fourth-order valence-electron chi connectivity index (χ4n) is 1.38. The summed E-state index contributed by atoms with van der Waals surface area (Å²) in [5.41, 5.74) is 1.72. The Balaban J connectivity index is 2.46. The smallest absolute Gasteiger partial charge is 0.164 e. The molecule has 88 valence electrons. The second-order valence-corrected chi connectivity index (χ2v) is 6.52. The molecule has 0 N–H and O–H groups in total. The third-order valence-corrected chi connectivity index (χ3v) is 4.33. The molecule has 0 radical (unpaired) electrons. The second kappa shape index (κ2) is 4.90. The van der Waals surface area contributed by atoms with Crippen molar-refractivity contribution in [3.63, 3.8) is 0 Å². The van der Waals surface area contributed by atoms with Crippen LogP contribution in [0.2, 0.25) is 0 Å². The highest BCUT2D eigenvalue weighted by atomic mass is 35.7. The summed E-state index contributed by atoms with van der Waals surface area (Å²) in [5, 5.41) is 0. The van der Waals surface area contributed by atoms with Crippen LogP contribution in [0.1, 0.15) is 5.56 Å². The van der Waals surface area contributed by atoms with Crippen LogP contribution in [0.15, 0.2) is 63.9 Å². The Morgan fingerprint density at radius 3 is 2.18 bits per heavy atom. The first-order chi connectivity index (χ1) is 8.08. The molecule has 0 saturated carbocycles. The fourth-order valence-corrected chi connectivity index (χ4v) is 2.90. The van der Waals surface area contributed by atoms with Crippen molar-refractivity contribution >= 4 is 25.3 Å². The molecule has 0 aliphatic carbocycles. The van der Waals surface area contributed by atoms with Crippen molar-refractivity contribution in [1.29, 1.82) is 0 Å². The molecule has 2 nitrogen and oxygen atoms in total. The summed E-state index contributed by atoms with van der Waals surface area (Å²) >= 11 is 0. The van der Waals surface area contributed by atoms with E-state index in [0.29, 0.717) is 10.6 Å². The topological polar surface area (TPSA) is 29.4 Å². The molecule has 2 aromatic carbocycles. The Labute approximate surface area is 106 Å². The molecule has 0 aromatic heterocycles. The monoisotopic (exact) mass is 265 g/mol. The van der Waals surface area contributed by atoms with Gasteiger partial charge in [-0.05, 0) is 31.2 Å². The predicted molar refractivity (Wildman–Crippen MR) is 72.0 cm³/mol.